The molecule has 0 bridgehead atoms. The van der Waals surface area contributed by atoms with Crippen LogP contribution in [0, 0.1) is 0 Å². The van der Waals surface area contributed by atoms with Gasteiger partial charge in [0, 0.05) is 35.8 Å². The number of nitrogens with zero attached hydrogens (tertiary/aromatic N) is 3. The van der Waals surface area contributed by atoms with Gasteiger partial charge in [0.05, 0.1) is 6.26 Å². The van der Waals surface area contributed by atoms with Gasteiger partial charge < -0.3 is 5.32 Å². The van der Waals surface area contributed by atoms with E-state index in [2.05, 4.69) is 20.0 Å². The van der Waals surface area contributed by atoms with E-state index in [1.807, 2.05) is 13.8 Å². The Balaban J connectivity index is 1.74. The van der Waals surface area contributed by atoms with E-state index in [0.29, 0.717) is 11.6 Å². The fourth-order valence-corrected chi connectivity index (χ4v) is 4.29. The van der Waals surface area contributed by atoms with E-state index >= 15 is 0 Å². The summed E-state index contributed by atoms with van der Waals surface area (Å²) in [5, 5.41) is 4.15. The van der Waals surface area contributed by atoms with Crippen molar-refractivity contribution in [1.29, 1.82) is 0 Å². The topological polar surface area (TPSA) is 106 Å². The Labute approximate surface area is 153 Å². The first-order valence-electron chi connectivity index (χ1n) is 8.85. The van der Waals surface area contributed by atoms with Crippen LogP contribution in [0.2, 0.25) is 0 Å². The molecule has 8 nitrogen and oxygen atoms in total. The largest absolute Gasteiger partial charge is 0.351 e. The summed E-state index contributed by atoms with van der Waals surface area (Å²) >= 11 is 0. The maximum absolute atomic E-state index is 12.2. The number of rotatable bonds is 5. The normalized spacial score (nSPS) is 21.2. The lowest BCUT2D eigenvalue weighted by Gasteiger charge is -2.29. The minimum Gasteiger partial charge on any atom is -0.351 e. The number of anilines is 1. The lowest BCUT2D eigenvalue weighted by atomic mass is 9.92. The monoisotopic (exact) mass is 379 g/mol. The molecule has 0 aromatic carbocycles. The molecule has 2 aromatic heterocycles. The molecular weight excluding hydrogens is 354 g/mol. The summed E-state index contributed by atoms with van der Waals surface area (Å²) < 4.78 is 27.0. The second-order valence-corrected chi connectivity index (χ2v) is 8.97. The lowest BCUT2D eigenvalue weighted by Crippen LogP contribution is -2.39. The highest BCUT2D eigenvalue weighted by Gasteiger charge is 2.23. The molecule has 2 heterocycles. The van der Waals surface area contributed by atoms with Gasteiger partial charge in [-0.2, -0.15) is 4.98 Å². The van der Waals surface area contributed by atoms with Crippen LogP contribution in [0.3, 0.4) is 0 Å². The maximum Gasteiger partial charge on any atom is 0.252 e. The minimum atomic E-state index is -3.17. The van der Waals surface area contributed by atoms with Gasteiger partial charge in [-0.25, -0.2) is 18.1 Å². The number of hydrogen-bond donors (Lipinski definition) is 2. The lowest BCUT2D eigenvalue weighted by molar-refractivity contribution is 0.387. The quantitative estimate of drug-likeness (QED) is 0.818. The second-order valence-electron chi connectivity index (χ2n) is 7.19. The molecule has 1 fully saturated rings. The van der Waals surface area contributed by atoms with E-state index in [1.54, 1.807) is 16.8 Å². The van der Waals surface area contributed by atoms with Gasteiger partial charge in [0.2, 0.25) is 16.0 Å². The van der Waals surface area contributed by atoms with Crippen LogP contribution in [0.15, 0.2) is 23.1 Å². The molecule has 142 valence electrons. The zero-order valence-electron chi connectivity index (χ0n) is 15.3. The highest BCUT2D eigenvalue weighted by molar-refractivity contribution is 7.88. The molecule has 1 aliphatic carbocycles. The fraction of sp³-hybridized carbons (Fsp3) is 0.588. The SMILES string of the molecule is CC(C)n1c(=O)ccc2cnc(NC3CCC(NS(C)(=O)=O)CC3)nc21. The molecule has 1 aliphatic rings. The van der Waals surface area contributed by atoms with Crippen molar-refractivity contribution in [2.45, 2.75) is 57.7 Å². The van der Waals surface area contributed by atoms with Gasteiger partial charge in [-0.15, -0.1) is 0 Å². The number of hydrogen-bond acceptors (Lipinski definition) is 6. The van der Waals surface area contributed by atoms with Gasteiger partial charge in [-0.1, -0.05) is 0 Å². The van der Waals surface area contributed by atoms with Crippen LogP contribution in [0.25, 0.3) is 11.0 Å². The Morgan fingerprint density at radius 2 is 1.81 bits per heavy atom. The first-order valence-corrected chi connectivity index (χ1v) is 10.7. The fourth-order valence-electron chi connectivity index (χ4n) is 3.45. The molecule has 0 saturated heterocycles. The zero-order valence-corrected chi connectivity index (χ0v) is 16.1. The molecule has 3 rings (SSSR count). The molecule has 26 heavy (non-hydrogen) atoms. The predicted octanol–water partition coefficient (Wildman–Crippen LogP) is 1.64. The van der Waals surface area contributed by atoms with E-state index in [0.717, 1.165) is 31.1 Å². The van der Waals surface area contributed by atoms with Crippen molar-refractivity contribution in [2.75, 3.05) is 11.6 Å². The average molecular weight is 379 g/mol. The Morgan fingerprint density at radius 1 is 1.15 bits per heavy atom. The van der Waals surface area contributed by atoms with Crippen LogP contribution in [-0.4, -0.2) is 41.3 Å². The van der Waals surface area contributed by atoms with Crippen molar-refractivity contribution >= 4 is 27.0 Å². The van der Waals surface area contributed by atoms with Crippen LogP contribution < -0.4 is 15.6 Å². The molecule has 0 radical (unpaired) electrons. The summed E-state index contributed by atoms with van der Waals surface area (Å²) in [7, 11) is -3.17. The molecule has 1 saturated carbocycles. The number of nitrogens with one attached hydrogen (secondary N) is 2. The summed E-state index contributed by atoms with van der Waals surface area (Å²) in [6, 6.07) is 3.46. The van der Waals surface area contributed by atoms with Crippen molar-refractivity contribution in [3.8, 4) is 0 Å². The minimum absolute atomic E-state index is 0.00598. The van der Waals surface area contributed by atoms with Crippen LogP contribution in [-0.2, 0) is 10.0 Å². The summed E-state index contributed by atoms with van der Waals surface area (Å²) in [4.78, 5) is 21.1. The van der Waals surface area contributed by atoms with Crippen LogP contribution in [0.4, 0.5) is 5.95 Å². The van der Waals surface area contributed by atoms with Crippen LogP contribution >= 0.6 is 0 Å². The van der Waals surface area contributed by atoms with Crippen molar-refractivity contribution in [1.82, 2.24) is 19.3 Å². The molecule has 0 aliphatic heterocycles. The van der Waals surface area contributed by atoms with Gasteiger partial charge >= 0.3 is 0 Å². The third-order valence-corrected chi connectivity index (χ3v) is 5.39. The third-order valence-electron chi connectivity index (χ3n) is 4.62. The van der Waals surface area contributed by atoms with Crippen LogP contribution in [0.5, 0.6) is 0 Å². The smallest absolute Gasteiger partial charge is 0.252 e. The van der Waals surface area contributed by atoms with Crippen molar-refractivity contribution in [2.24, 2.45) is 0 Å². The summed E-state index contributed by atoms with van der Waals surface area (Å²) in [5.41, 5.74) is 0.543. The zero-order chi connectivity index (χ0) is 18.9. The Kier molecular flexibility index (Phi) is 5.29. The second kappa shape index (κ2) is 7.32. The van der Waals surface area contributed by atoms with E-state index in [4.69, 9.17) is 0 Å². The summed E-state index contributed by atoms with van der Waals surface area (Å²) in [6.45, 7) is 3.90. The van der Waals surface area contributed by atoms with Crippen LogP contribution in [0.1, 0.15) is 45.6 Å². The van der Waals surface area contributed by atoms with Gasteiger partial charge in [0.15, 0.2) is 0 Å². The average Bonchev–Trinajstić information content (AvgIpc) is 2.54. The molecule has 0 spiro atoms. The van der Waals surface area contributed by atoms with Gasteiger partial charge in [0.25, 0.3) is 5.56 Å². The van der Waals surface area contributed by atoms with Gasteiger partial charge in [0.1, 0.15) is 5.65 Å². The molecule has 2 N–H and O–H groups in total. The van der Waals surface area contributed by atoms with E-state index in [9.17, 15) is 13.2 Å². The summed E-state index contributed by atoms with van der Waals surface area (Å²) in [5.74, 6) is 0.497. The molecule has 2 aromatic rings. The first-order chi connectivity index (χ1) is 12.2. The van der Waals surface area contributed by atoms with Gasteiger partial charge in [-0.05, 0) is 45.6 Å². The Hall–Kier alpha value is -2.00. The predicted molar refractivity (Wildman–Crippen MR) is 102 cm³/mol. The first kappa shape index (κ1) is 18.8. The third kappa shape index (κ3) is 4.39. The van der Waals surface area contributed by atoms with E-state index in [1.165, 1.54) is 12.3 Å². The molecule has 0 amide bonds. The molecule has 0 unspecified atom stereocenters. The highest BCUT2D eigenvalue weighted by Crippen LogP contribution is 2.22. The summed E-state index contributed by atoms with van der Waals surface area (Å²) in [6.07, 6.45) is 6.12. The molecule has 0 atom stereocenters. The standard InChI is InChI=1S/C17H25N5O3S/c1-11(2)22-15(23)9-4-12-10-18-17(20-16(12)22)19-13-5-7-14(8-6-13)21-26(3,24)25/h4,9-11,13-14,21H,5-8H2,1-3H3,(H,18,19,20). The van der Waals surface area contributed by atoms with Crippen molar-refractivity contribution < 1.29 is 8.42 Å². The van der Waals surface area contributed by atoms with E-state index in [-0.39, 0.29) is 23.7 Å². The number of sulfonamides is 1. The maximum atomic E-state index is 12.2. The number of aromatic nitrogens is 3. The Bertz CT molecular complexity index is 947. The van der Waals surface area contributed by atoms with Crippen molar-refractivity contribution in [3.63, 3.8) is 0 Å². The molecule has 9 heteroatoms. The molecular formula is C17H25N5O3S. The van der Waals surface area contributed by atoms with Crippen molar-refractivity contribution in [3.05, 3.63) is 28.7 Å². The Morgan fingerprint density at radius 3 is 2.42 bits per heavy atom. The number of pyridine rings is 1. The number of fused-ring (bicyclic) bond motifs is 1. The van der Waals surface area contributed by atoms with Gasteiger partial charge in [-0.3, -0.25) is 9.36 Å². The highest BCUT2D eigenvalue weighted by atomic mass is 32.2. The van der Waals surface area contributed by atoms with E-state index < -0.39 is 10.0 Å².